The number of nitrogens with one attached hydrogen (secondary N) is 2. The highest BCUT2D eigenvalue weighted by Gasteiger charge is 2.13. The Bertz CT molecular complexity index is 265. The van der Waals surface area contributed by atoms with Crippen molar-refractivity contribution in [3.8, 4) is 0 Å². The largest absolute Gasteiger partial charge is 0.368 e. The third kappa shape index (κ3) is 1.19. The van der Waals surface area contributed by atoms with Crippen LogP contribution >= 0.6 is 0 Å². The lowest BCUT2D eigenvalue weighted by Gasteiger charge is -1.98. The molecular weight excluding hydrogens is 150 g/mol. The third-order valence-electron chi connectivity index (χ3n) is 2.45. The molecule has 0 spiro atoms. The second-order valence-electron chi connectivity index (χ2n) is 3.27. The predicted molar refractivity (Wildman–Crippen MR) is 49.4 cm³/mol. The molecule has 0 unspecified atom stereocenters. The van der Waals surface area contributed by atoms with E-state index in [-0.39, 0.29) is 0 Å². The summed E-state index contributed by atoms with van der Waals surface area (Å²) in [7, 11) is 0. The molecule has 0 fully saturated rings. The first-order chi connectivity index (χ1) is 5.92. The van der Waals surface area contributed by atoms with Crippen molar-refractivity contribution in [1.29, 1.82) is 0 Å². The maximum atomic E-state index is 4.25. The van der Waals surface area contributed by atoms with Gasteiger partial charge in [0.25, 0.3) is 0 Å². The molecule has 0 saturated heterocycles. The number of nitrogens with zero attached hydrogens (tertiary/aromatic N) is 1. The van der Waals surface area contributed by atoms with E-state index in [1.165, 1.54) is 30.5 Å². The number of H-pyrrole nitrogens is 1. The fraction of sp³-hybridized carbons (Fsp3) is 0.667. The van der Waals surface area contributed by atoms with Crippen molar-refractivity contribution < 1.29 is 0 Å². The number of aromatic nitrogens is 2. The smallest absolute Gasteiger partial charge is 0.151 e. The van der Waals surface area contributed by atoms with Gasteiger partial charge >= 0.3 is 0 Å². The van der Waals surface area contributed by atoms with Gasteiger partial charge in [-0.15, -0.1) is 0 Å². The summed E-state index contributed by atoms with van der Waals surface area (Å²) in [5, 5.41) is 10.7. The van der Waals surface area contributed by atoms with Gasteiger partial charge in [0.05, 0.1) is 0 Å². The summed E-state index contributed by atoms with van der Waals surface area (Å²) >= 11 is 0. The molecule has 1 aromatic rings. The molecule has 66 valence electrons. The van der Waals surface area contributed by atoms with Gasteiger partial charge in [-0.25, -0.2) is 0 Å². The highest BCUT2D eigenvalue weighted by molar-refractivity contribution is 5.47. The Balaban J connectivity index is 2.32. The molecule has 2 heterocycles. The first kappa shape index (κ1) is 7.65. The van der Waals surface area contributed by atoms with Gasteiger partial charge in [0.15, 0.2) is 5.82 Å². The van der Waals surface area contributed by atoms with E-state index < -0.39 is 0 Å². The molecule has 0 radical (unpaired) electrons. The van der Waals surface area contributed by atoms with Crippen molar-refractivity contribution in [2.45, 2.75) is 32.6 Å². The van der Waals surface area contributed by atoms with E-state index in [9.17, 15) is 0 Å². The normalized spacial score (nSPS) is 16.4. The molecule has 0 aromatic carbocycles. The zero-order valence-corrected chi connectivity index (χ0v) is 7.48. The third-order valence-corrected chi connectivity index (χ3v) is 2.45. The number of rotatable bonds is 1. The summed E-state index contributed by atoms with van der Waals surface area (Å²) in [6, 6.07) is 0. The fourth-order valence-corrected chi connectivity index (χ4v) is 1.74. The van der Waals surface area contributed by atoms with Crippen LogP contribution in [0.15, 0.2) is 0 Å². The number of hydrogen-bond donors (Lipinski definition) is 2. The molecule has 0 aliphatic carbocycles. The summed E-state index contributed by atoms with van der Waals surface area (Å²) in [6.45, 7) is 3.24. The van der Waals surface area contributed by atoms with Crippen LogP contribution in [0.4, 0.5) is 5.82 Å². The lowest BCUT2D eigenvalue weighted by atomic mass is 10.1. The van der Waals surface area contributed by atoms with E-state index in [1.807, 2.05) is 0 Å². The Kier molecular flexibility index (Phi) is 2.02. The molecule has 1 aliphatic rings. The molecule has 1 aliphatic heterocycles. The quantitative estimate of drug-likeness (QED) is 0.665. The van der Waals surface area contributed by atoms with Crippen LogP contribution in [0.25, 0.3) is 0 Å². The molecule has 2 N–H and O–H groups in total. The molecule has 0 bridgehead atoms. The van der Waals surface area contributed by atoms with Gasteiger partial charge < -0.3 is 5.32 Å². The number of aromatic amines is 1. The molecule has 0 atom stereocenters. The molecule has 2 rings (SSSR count). The molecule has 3 nitrogen and oxygen atoms in total. The van der Waals surface area contributed by atoms with Crippen LogP contribution in [-0.2, 0) is 12.8 Å². The van der Waals surface area contributed by atoms with E-state index in [0.29, 0.717) is 0 Å². The predicted octanol–water partition coefficient (Wildman–Crippen LogP) is 1.72. The van der Waals surface area contributed by atoms with Crippen LogP contribution in [0, 0.1) is 0 Å². The molecule has 0 saturated carbocycles. The topological polar surface area (TPSA) is 40.7 Å². The second-order valence-corrected chi connectivity index (χ2v) is 3.27. The molecular formula is C9H15N3. The lowest BCUT2D eigenvalue weighted by molar-refractivity contribution is 0.774. The Morgan fingerprint density at radius 3 is 3.17 bits per heavy atom. The van der Waals surface area contributed by atoms with Crippen LogP contribution in [-0.4, -0.2) is 16.7 Å². The minimum absolute atomic E-state index is 1.06. The highest BCUT2D eigenvalue weighted by atomic mass is 15.2. The maximum absolute atomic E-state index is 4.25. The monoisotopic (exact) mass is 165 g/mol. The van der Waals surface area contributed by atoms with Gasteiger partial charge in [0.2, 0.25) is 0 Å². The number of aryl methyl sites for hydroxylation is 1. The molecule has 1 aromatic heterocycles. The Morgan fingerprint density at radius 1 is 1.42 bits per heavy atom. The van der Waals surface area contributed by atoms with E-state index in [4.69, 9.17) is 0 Å². The average molecular weight is 165 g/mol. The van der Waals surface area contributed by atoms with E-state index in [0.717, 1.165) is 18.8 Å². The Morgan fingerprint density at radius 2 is 2.33 bits per heavy atom. The standard InChI is InChI=1S/C9H15N3/c1-2-8-7-5-3-4-6-10-9(7)12-11-8/h2-6H2,1H3,(H2,10,11,12). The van der Waals surface area contributed by atoms with Crippen molar-refractivity contribution in [2.75, 3.05) is 11.9 Å². The van der Waals surface area contributed by atoms with Crippen LogP contribution in [0.3, 0.4) is 0 Å². The van der Waals surface area contributed by atoms with Crippen molar-refractivity contribution in [3.63, 3.8) is 0 Å². The fourth-order valence-electron chi connectivity index (χ4n) is 1.74. The van der Waals surface area contributed by atoms with Crippen LogP contribution in [0.5, 0.6) is 0 Å². The SMILES string of the molecule is CCc1[nH]nc2c1CCCCN2. The highest BCUT2D eigenvalue weighted by Crippen LogP contribution is 2.22. The maximum Gasteiger partial charge on any atom is 0.151 e. The summed E-state index contributed by atoms with van der Waals surface area (Å²) in [5.74, 6) is 1.09. The average Bonchev–Trinajstić information content (AvgIpc) is 2.33. The van der Waals surface area contributed by atoms with Crippen LogP contribution in [0.1, 0.15) is 31.0 Å². The molecule has 3 heteroatoms. The van der Waals surface area contributed by atoms with Gasteiger partial charge in [-0.2, -0.15) is 5.10 Å². The summed E-state index contributed by atoms with van der Waals surface area (Å²) in [5.41, 5.74) is 2.72. The van der Waals surface area contributed by atoms with Crippen molar-refractivity contribution >= 4 is 5.82 Å². The van der Waals surface area contributed by atoms with Gasteiger partial charge in [0, 0.05) is 17.8 Å². The second kappa shape index (κ2) is 3.17. The van der Waals surface area contributed by atoms with E-state index >= 15 is 0 Å². The first-order valence-electron chi connectivity index (χ1n) is 4.71. The van der Waals surface area contributed by atoms with Gasteiger partial charge in [0.1, 0.15) is 0 Å². The summed E-state index contributed by atoms with van der Waals surface area (Å²) in [6.07, 6.45) is 4.79. The number of anilines is 1. The van der Waals surface area contributed by atoms with Crippen LogP contribution < -0.4 is 5.32 Å². The summed E-state index contributed by atoms with van der Waals surface area (Å²) in [4.78, 5) is 0. The van der Waals surface area contributed by atoms with Crippen LogP contribution in [0.2, 0.25) is 0 Å². The summed E-state index contributed by atoms with van der Waals surface area (Å²) < 4.78 is 0. The van der Waals surface area contributed by atoms with Crippen molar-refractivity contribution in [3.05, 3.63) is 11.3 Å². The lowest BCUT2D eigenvalue weighted by Crippen LogP contribution is -1.99. The Hall–Kier alpha value is -0.990. The molecule has 12 heavy (non-hydrogen) atoms. The number of hydrogen-bond acceptors (Lipinski definition) is 2. The van der Waals surface area contributed by atoms with Crippen molar-refractivity contribution in [2.24, 2.45) is 0 Å². The first-order valence-corrected chi connectivity index (χ1v) is 4.71. The minimum Gasteiger partial charge on any atom is -0.368 e. The Labute approximate surface area is 72.6 Å². The van der Waals surface area contributed by atoms with E-state index in [1.54, 1.807) is 0 Å². The molecule has 0 amide bonds. The minimum atomic E-state index is 1.06. The van der Waals surface area contributed by atoms with Gasteiger partial charge in [-0.3, -0.25) is 5.10 Å². The zero-order chi connectivity index (χ0) is 8.39. The van der Waals surface area contributed by atoms with Crippen molar-refractivity contribution in [1.82, 2.24) is 10.2 Å². The zero-order valence-electron chi connectivity index (χ0n) is 7.48. The van der Waals surface area contributed by atoms with Gasteiger partial charge in [-0.1, -0.05) is 6.92 Å². The van der Waals surface area contributed by atoms with Gasteiger partial charge in [-0.05, 0) is 25.7 Å². The van der Waals surface area contributed by atoms with E-state index in [2.05, 4.69) is 22.4 Å². The number of fused-ring (bicyclic) bond motifs is 1.